The summed E-state index contributed by atoms with van der Waals surface area (Å²) in [6, 6.07) is 4.88. The molecule has 0 unspecified atom stereocenters. The molecule has 2 aromatic rings. The Kier molecular flexibility index (Phi) is 5.37. The van der Waals surface area contributed by atoms with Crippen LogP contribution in [0.1, 0.15) is 11.3 Å². The summed E-state index contributed by atoms with van der Waals surface area (Å²) in [7, 11) is 1.45. The predicted octanol–water partition coefficient (Wildman–Crippen LogP) is 1.16. The number of nitrogens with zero attached hydrogens (tertiary/aromatic N) is 1. The van der Waals surface area contributed by atoms with Crippen molar-refractivity contribution in [2.45, 2.75) is 0 Å². The largest absolute Gasteiger partial charge is 0.493 e. The van der Waals surface area contributed by atoms with Crippen LogP contribution in [-0.2, 0) is 0 Å². The standard InChI is InChI=1S/C16H13N3O6/c1-3-8-25-12-7-5-10(9-13(12)24-2)4-6-11-14(19(22)23)15(20)18-16(21)17-11/h1,4-7,9H,8H2,2H3,(H2,17,18,20,21)/b6-4+. The molecule has 0 aliphatic carbocycles. The summed E-state index contributed by atoms with van der Waals surface area (Å²) in [6.45, 7) is 0.0752. The fourth-order valence-corrected chi connectivity index (χ4v) is 2.01. The number of methoxy groups -OCH3 is 1. The molecule has 0 aliphatic rings. The molecular formula is C16H13N3O6. The molecule has 2 N–H and O–H groups in total. The summed E-state index contributed by atoms with van der Waals surface area (Å²) in [5.41, 5.74) is -2.29. The highest BCUT2D eigenvalue weighted by Gasteiger charge is 2.18. The van der Waals surface area contributed by atoms with E-state index in [1.165, 1.54) is 19.3 Å². The van der Waals surface area contributed by atoms with E-state index in [1.807, 2.05) is 4.98 Å². The second kappa shape index (κ2) is 7.65. The van der Waals surface area contributed by atoms with E-state index < -0.39 is 21.9 Å². The lowest BCUT2D eigenvalue weighted by atomic mass is 10.1. The quantitative estimate of drug-likeness (QED) is 0.460. The maximum absolute atomic E-state index is 11.6. The summed E-state index contributed by atoms with van der Waals surface area (Å²) in [4.78, 5) is 37.0. The predicted molar refractivity (Wildman–Crippen MR) is 90.6 cm³/mol. The number of aromatic amines is 2. The third-order valence-corrected chi connectivity index (χ3v) is 3.07. The Labute approximate surface area is 141 Å². The van der Waals surface area contributed by atoms with E-state index >= 15 is 0 Å². The zero-order chi connectivity index (χ0) is 18.4. The molecule has 1 aromatic heterocycles. The molecule has 128 valence electrons. The Balaban J connectivity index is 2.40. The minimum Gasteiger partial charge on any atom is -0.493 e. The Morgan fingerprint density at radius 2 is 2.04 bits per heavy atom. The molecule has 0 saturated heterocycles. The number of hydrogen-bond acceptors (Lipinski definition) is 6. The number of benzene rings is 1. The maximum atomic E-state index is 11.6. The molecular weight excluding hydrogens is 330 g/mol. The summed E-state index contributed by atoms with van der Waals surface area (Å²) >= 11 is 0. The number of hydrogen-bond donors (Lipinski definition) is 2. The van der Waals surface area contributed by atoms with Gasteiger partial charge in [0.05, 0.1) is 12.0 Å². The topological polar surface area (TPSA) is 127 Å². The Bertz CT molecular complexity index is 981. The Hall–Kier alpha value is -3.80. The molecule has 1 aromatic carbocycles. The molecule has 0 fully saturated rings. The van der Waals surface area contributed by atoms with E-state index in [2.05, 4.69) is 10.9 Å². The van der Waals surface area contributed by atoms with E-state index in [9.17, 15) is 19.7 Å². The molecule has 9 heteroatoms. The summed E-state index contributed by atoms with van der Waals surface area (Å²) in [6.07, 6.45) is 7.87. The van der Waals surface area contributed by atoms with Crippen molar-refractivity contribution in [3.05, 3.63) is 60.4 Å². The van der Waals surface area contributed by atoms with Gasteiger partial charge >= 0.3 is 16.9 Å². The molecule has 0 atom stereocenters. The Morgan fingerprint density at radius 1 is 1.28 bits per heavy atom. The van der Waals surface area contributed by atoms with Crippen LogP contribution >= 0.6 is 0 Å². The average molecular weight is 343 g/mol. The average Bonchev–Trinajstić information content (AvgIpc) is 2.57. The molecule has 2 rings (SSSR count). The van der Waals surface area contributed by atoms with Crippen LogP contribution in [0.3, 0.4) is 0 Å². The van der Waals surface area contributed by atoms with Gasteiger partial charge in [0.15, 0.2) is 11.5 Å². The first kappa shape index (κ1) is 17.6. The van der Waals surface area contributed by atoms with E-state index in [0.717, 1.165) is 0 Å². The summed E-state index contributed by atoms with van der Waals surface area (Å²) < 4.78 is 10.5. The van der Waals surface area contributed by atoms with Crippen LogP contribution in [0.4, 0.5) is 5.69 Å². The van der Waals surface area contributed by atoms with Gasteiger partial charge in [-0.3, -0.25) is 19.9 Å². The van der Waals surface area contributed by atoms with Crippen molar-refractivity contribution < 1.29 is 14.4 Å². The van der Waals surface area contributed by atoms with Gasteiger partial charge in [-0.1, -0.05) is 18.1 Å². The number of H-pyrrole nitrogens is 2. The van der Waals surface area contributed by atoms with Crippen molar-refractivity contribution in [1.82, 2.24) is 9.97 Å². The van der Waals surface area contributed by atoms with Crippen LogP contribution in [0.15, 0.2) is 27.8 Å². The third-order valence-electron chi connectivity index (χ3n) is 3.07. The number of terminal acetylenes is 1. The van der Waals surface area contributed by atoms with E-state index in [4.69, 9.17) is 15.9 Å². The van der Waals surface area contributed by atoms with E-state index in [-0.39, 0.29) is 12.3 Å². The minimum atomic E-state index is -1.08. The van der Waals surface area contributed by atoms with Gasteiger partial charge in [0, 0.05) is 0 Å². The number of aromatic nitrogens is 2. The second-order valence-corrected chi connectivity index (χ2v) is 4.66. The molecule has 0 saturated carbocycles. The summed E-state index contributed by atoms with van der Waals surface area (Å²) in [5, 5.41) is 11.0. The van der Waals surface area contributed by atoms with Crippen LogP contribution in [-0.4, -0.2) is 28.6 Å². The van der Waals surface area contributed by atoms with Crippen LogP contribution in [0.2, 0.25) is 0 Å². The monoisotopic (exact) mass is 343 g/mol. The van der Waals surface area contributed by atoms with Gasteiger partial charge in [0.2, 0.25) is 0 Å². The van der Waals surface area contributed by atoms with E-state index in [0.29, 0.717) is 17.1 Å². The summed E-state index contributed by atoms with van der Waals surface area (Å²) in [5.74, 6) is 3.18. The highest BCUT2D eigenvalue weighted by Crippen LogP contribution is 2.28. The SMILES string of the molecule is C#CCOc1ccc(/C=C/c2[nH]c(=O)[nH]c(=O)c2[N+](=O)[O-])cc1OC. The number of rotatable bonds is 6. The fraction of sp³-hybridized carbons (Fsp3) is 0.125. The van der Waals surface area contributed by atoms with Crippen molar-refractivity contribution >= 4 is 17.8 Å². The van der Waals surface area contributed by atoms with Crippen molar-refractivity contribution in [3.8, 4) is 23.8 Å². The third kappa shape index (κ3) is 4.14. The van der Waals surface area contributed by atoms with Gasteiger partial charge in [-0.2, -0.15) is 0 Å². The first-order valence-electron chi connectivity index (χ1n) is 6.89. The number of nitro groups is 1. The lowest BCUT2D eigenvalue weighted by Crippen LogP contribution is -2.25. The maximum Gasteiger partial charge on any atom is 0.357 e. The van der Waals surface area contributed by atoms with Gasteiger partial charge < -0.3 is 14.5 Å². The van der Waals surface area contributed by atoms with Gasteiger partial charge in [-0.15, -0.1) is 6.42 Å². The minimum absolute atomic E-state index is 0.0752. The van der Waals surface area contributed by atoms with Crippen LogP contribution < -0.4 is 20.7 Å². The molecule has 0 radical (unpaired) electrons. The van der Waals surface area contributed by atoms with Crippen molar-refractivity contribution in [2.75, 3.05) is 13.7 Å². The molecule has 25 heavy (non-hydrogen) atoms. The van der Waals surface area contributed by atoms with Gasteiger partial charge in [-0.05, 0) is 23.8 Å². The first-order valence-corrected chi connectivity index (χ1v) is 6.89. The van der Waals surface area contributed by atoms with Gasteiger partial charge in [0.1, 0.15) is 12.3 Å². The van der Waals surface area contributed by atoms with Gasteiger partial charge in [0.25, 0.3) is 0 Å². The van der Waals surface area contributed by atoms with Crippen LogP contribution in [0, 0.1) is 22.5 Å². The van der Waals surface area contributed by atoms with E-state index in [1.54, 1.807) is 18.2 Å². The first-order chi connectivity index (χ1) is 12.0. The highest BCUT2D eigenvalue weighted by molar-refractivity contribution is 5.72. The molecule has 0 aliphatic heterocycles. The highest BCUT2D eigenvalue weighted by atomic mass is 16.6. The molecule has 9 nitrogen and oxygen atoms in total. The Morgan fingerprint density at radius 3 is 2.68 bits per heavy atom. The molecule has 0 spiro atoms. The lowest BCUT2D eigenvalue weighted by molar-refractivity contribution is -0.386. The van der Waals surface area contributed by atoms with Crippen LogP contribution in [0.5, 0.6) is 11.5 Å². The van der Waals surface area contributed by atoms with Gasteiger partial charge in [-0.25, -0.2) is 4.79 Å². The normalized spacial score (nSPS) is 10.4. The van der Waals surface area contributed by atoms with Crippen molar-refractivity contribution in [3.63, 3.8) is 0 Å². The molecule has 0 amide bonds. The lowest BCUT2D eigenvalue weighted by Gasteiger charge is -2.09. The zero-order valence-electron chi connectivity index (χ0n) is 13.1. The molecule has 1 heterocycles. The molecule has 0 bridgehead atoms. The second-order valence-electron chi connectivity index (χ2n) is 4.66. The number of nitrogens with one attached hydrogen (secondary N) is 2. The van der Waals surface area contributed by atoms with Crippen LogP contribution in [0.25, 0.3) is 12.2 Å². The zero-order valence-corrected chi connectivity index (χ0v) is 13.1. The van der Waals surface area contributed by atoms with Crippen molar-refractivity contribution in [2.24, 2.45) is 0 Å². The van der Waals surface area contributed by atoms with Crippen molar-refractivity contribution in [1.29, 1.82) is 0 Å². The number of ether oxygens (including phenoxy) is 2. The smallest absolute Gasteiger partial charge is 0.357 e. The fourth-order valence-electron chi connectivity index (χ4n) is 2.01.